The average Bonchev–Trinajstić information content (AvgIpc) is 3.65. The van der Waals surface area contributed by atoms with Crippen LogP contribution in [0.2, 0.25) is 0 Å². The lowest BCUT2D eigenvalue weighted by molar-refractivity contribution is -0.126. The van der Waals surface area contributed by atoms with Crippen molar-refractivity contribution < 1.29 is 44.3 Å². The van der Waals surface area contributed by atoms with Gasteiger partial charge in [0.05, 0.1) is 35.5 Å². The molecule has 1 amide bonds. The molecule has 6 rings (SSSR count). The van der Waals surface area contributed by atoms with Crippen molar-refractivity contribution in [1.82, 2.24) is 15.5 Å². The summed E-state index contributed by atoms with van der Waals surface area (Å²) in [5.41, 5.74) is 1.70. The van der Waals surface area contributed by atoms with E-state index >= 15 is 0 Å². The molecule has 3 aromatic rings. The Morgan fingerprint density at radius 3 is 1.76 bits per heavy atom. The molecule has 2 aliphatic heterocycles. The lowest BCUT2D eigenvalue weighted by atomic mass is 9.81. The molecule has 1 saturated heterocycles. The lowest BCUT2D eigenvalue weighted by Crippen LogP contribution is -2.34. The summed E-state index contributed by atoms with van der Waals surface area (Å²) in [7, 11) is 0. The van der Waals surface area contributed by atoms with E-state index in [1.807, 2.05) is 35.3 Å². The standard InChI is InChI=1S/C22H28N4O6.C17H19NO3.2ClH/c27-11-9-23-5-7-25-13-1-2-14(26-8-6-24-10-12-28)18-17(13)21(31)19-15(29)3-4-16(30)20(19)22(18)32;19-17(18-10-4-1-5-11-18)7-3-2-6-14-8-9-15-16(12-14)21-13-20-15;;/h1-4,23-30H,5-12H2;2-3,6-9,12H,1,4-5,10-11,13H2;2*1H. The normalized spacial score (nSPS) is 14.0. The van der Waals surface area contributed by atoms with Crippen LogP contribution in [-0.4, -0.2) is 115 Å². The zero-order valence-electron chi connectivity index (χ0n) is 30.3. The molecule has 1 aliphatic carbocycles. The number of fused-ring (bicyclic) bond motifs is 3. The highest BCUT2D eigenvalue weighted by Crippen LogP contribution is 2.42. The van der Waals surface area contributed by atoms with Crippen molar-refractivity contribution in [2.75, 3.05) is 83.0 Å². The molecule has 2 heterocycles. The number of aromatic hydroxyl groups is 2. The number of ketones is 2. The molecule has 3 aliphatic rings. The molecule has 0 aromatic heterocycles. The van der Waals surface area contributed by atoms with Gasteiger partial charge in [0, 0.05) is 69.8 Å². The zero-order chi connectivity index (χ0) is 37.6. The van der Waals surface area contributed by atoms with Gasteiger partial charge in [-0.3, -0.25) is 14.4 Å². The molecule has 55 heavy (non-hydrogen) atoms. The van der Waals surface area contributed by atoms with Gasteiger partial charge in [0.25, 0.3) is 0 Å². The molecule has 0 atom stereocenters. The van der Waals surface area contributed by atoms with Crippen LogP contribution < -0.4 is 30.7 Å². The number of rotatable bonds is 15. The number of aliphatic hydroxyl groups excluding tert-OH is 2. The fourth-order valence-corrected chi connectivity index (χ4v) is 6.18. The Kier molecular flexibility index (Phi) is 18.3. The third-order valence-corrected chi connectivity index (χ3v) is 8.79. The first-order valence-corrected chi connectivity index (χ1v) is 17.8. The number of carbonyl (C=O) groups excluding carboxylic acids is 3. The Morgan fingerprint density at radius 1 is 0.673 bits per heavy atom. The summed E-state index contributed by atoms with van der Waals surface area (Å²) in [6.07, 6.45) is 10.7. The number of allylic oxidation sites excluding steroid dienone is 2. The highest BCUT2D eigenvalue weighted by molar-refractivity contribution is 6.33. The van der Waals surface area contributed by atoms with Crippen molar-refractivity contribution >= 4 is 59.7 Å². The van der Waals surface area contributed by atoms with Gasteiger partial charge in [-0.2, -0.15) is 0 Å². The summed E-state index contributed by atoms with van der Waals surface area (Å²) in [4.78, 5) is 40.6. The van der Waals surface area contributed by atoms with Crippen molar-refractivity contribution in [1.29, 1.82) is 0 Å². The average molecular weight is 803 g/mol. The Bertz CT molecular complexity index is 1760. The largest absolute Gasteiger partial charge is 0.507 e. The topological polar surface area (TPSA) is 202 Å². The van der Waals surface area contributed by atoms with Crippen LogP contribution in [0, 0.1) is 0 Å². The van der Waals surface area contributed by atoms with Gasteiger partial charge in [-0.25, -0.2) is 0 Å². The van der Waals surface area contributed by atoms with E-state index in [4.69, 9.17) is 19.7 Å². The van der Waals surface area contributed by atoms with Gasteiger partial charge in [0.2, 0.25) is 24.3 Å². The molecule has 0 saturated carbocycles. The number of hydrogen-bond acceptors (Lipinski definition) is 13. The van der Waals surface area contributed by atoms with Gasteiger partial charge in [-0.15, -0.1) is 24.8 Å². The first-order valence-electron chi connectivity index (χ1n) is 17.8. The summed E-state index contributed by atoms with van der Waals surface area (Å²) in [5, 5.41) is 50.6. The van der Waals surface area contributed by atoms with Crippen LogP contribution in [0.15, 0.2) is 60.7 Å². The third kappa shape index (κ3) is 11.6. The van der Waals surface area contributed by atoms with Crippen molar-refractivity contribution in [2.45, 2.75) is 19.3 Å². The van der Waals surface area contributed by atoms with Crippen molar-refractivity contribution in [2.24, 2.45) is 0 Å². The summed E-state index contributed by atoms with van der Waals surface area (Å²) in [6.45, 7) is 4.86. The molecule has 3 aromatic carbocycles. The molecule has 0 spiro atoms. The number of nitrogens with zero attached hydrogens (tertiary/aromatic N) is 1. The van der Waals surface area contributed by atoms with E-state index in [1.165, 1.54) is 18.6 Å². The van der Waals surface area contributed by atoms with E-state index < -0.39 is 11.6 Å². The quantitative estimate of drug-likeness (QED) is 0.0375. The molecule has 0 bridgehead atoms. The summed E-state index contributed by atoms with van der Waals surface area (Å²) in [6, 6.07) is 11.5. The number of hydrogen-bond donors (Lipinski definition) is 8. The first kappa shape index (κ1) is 44.6. The predicted octanol–water partition coefficient (Wildman–Crippen LogP) is 3.70. The van der Waals surface area contributed by atoms with Gasteiger partial charge in [-0.1, -0.05) is 24.3 Å². The van der Waals surface area contributed by atoms with Crippen LogP contribution in [0.3, 0.4) is 0 Å². The van der Waals surface area contributed by atoms with Crippen molar-refractivity contribution in [3.05, 3.63) is 88.5 Å². The van der Waals surface area contributed by atoms with E-state index in [0.29, 0.717) is 50.6 Å². The second kappa shape index (κ2) is 22.5. The number of phenolic OH excluding ortho intramolecular Hbond substituents is 2. The van der Waals surface area contributed by atoms with Gasteiger partial charge in [0.15, 0.2) is 11.5 Å². The highest BCUT2D eigenvalue weighted by Gasteiger charge is 2.38. The number of amides is 1. The number of benzene rings is 3. The number of ether oxygens (including phenoxy) is 2. The lowest BCUT2D eigenvalue weighted by Gasteiger charge is -2.25. The number of halogens is 2. The number of anilines is 2. The number of carbonyl (C=O) groups is 3. The third-order valence-electron chi connectivity index (χ3n) is 8.79. The van der Waals surface area contributed by atoms with Crippen LogP contribution in [-0.2, 0) is 4.79 Å². The number of likely N-dealkylation sites (tertiary alicyclic amines) is 1. The molecule has 8 N–H and O–H groups in total. The van der Waals surface area contributed by atoms with Crippen LogP contribution in [0.4, 0.5) is 11.4 Å². The van der Waals surface area contributed by atoms with Crippen LogP contribution in [0.25, 0.3) is 6.08 Å². The maximum absolute atomic E-state index is 13.4. The monoisotopic (exact) mass is 801 g/mol. The summed E-state index contributed by atoms with van der Waals surface area (Å²) < 4.78 is 10.6. The summed E-state index contributed by atoms with van der Waals surface area (Å²) >= 11 is 0. The molecule has 1 fully saturated rings. The van der Waals surface area contributed by atoms with E-state index in [-0.39, 0.29) is 84.5 Å². The second-order valence-electron chi connectivity index (χ2n) is 12.4. The summed E-state index contributed by atoms with van der Waals surface area (Å²) in [5.74, 6) is -0.210. The van der Waals surface area contributed by atoms with Crippen molar-refractivity contribution in [3.8, 4) is 23.0 Å². The minimum Gasteiger partial charge on any atom is -0.507 e. The highest BCUT2D eigenvalue weighted by atomic mass is 35.5. The number of piperidine rings is 1. The molecular formula is C39H49Cl2N5O9. The number of aliphatic hydroxyl groups is 2. The Hall–Kier alpha value is -4.83. The number of nitrogens with one attached hydrogen (secondary N) is 4. The zero-order valence-corrected chi connectivity index (χ0v) is 32.0. The maximum Gasteiger partial charge on any atom is 0.246 e. The van der Waals surface area contributed by atoms with E-state index in [1.54, 1.807) is 24.3 Å². The maximum atomic E-state index is 13.4. The molecular weight excluding hydrogens is 753 g/mol. The van der Waals surface area contributed by atoms with Gasteiger partial charge in [0.1, 0.15) is 11.5 Å². The first-order chi connectivity index (χ1) is 25.8. The van der Waals surface area contributed by atoms with E-state index in [9.17, 15) is 24.6 Å². The predicted molar refractivity (Wildman–Crippen MR) is 216 cm³/mol. The SMILES string of the molecule is Cl.Cl.O=C(C=CC=Cc1ccc2c(c1)OCO2)N1CCCCC1.O=C1c2c(O)ccc(O)c2C(=O)c2c(NCCNCCO)ccc(NCCNCCO)c21. The van der Waals surface area contributed by atoms with Gasteiger partial charge < -0.3 is 56.1 Å². The van der Waals surface area contributed by atoms with Crippen LogP contribution >= 0.6 is 24.8 Å². The molecule has 298 valence electrons. The molecule has 0 unspecified atom stereocenters. The minimum absolute atomic E-state index is 0. The Morgan fingerprint density at radius 2 is 1.22 bits per heavy atom. The number of phenols is 2. The van der Waals surface area contributed by atoms with Crippen LogP contribution in [0.1, 0.15) is 56.7 Å². The van der Waals surface area contributed by atoms with Gasteiger partial charge >= 0.3 is 0 Å². The Labute approximate surface area is 332 Å². The minimum atomic E-state index is -0.559. The van der Waals surface area contributed by atoms with E-state index in [0.717, 1.165) is 43.0 Å². The second-order valence-corrected chi connectivity index (χ2v) is 12.4. The smallest absolute Gasteiger partial charge is 0.246 e. The fraction of sp³-hybridized carbons (Fsp3) is 0.359. The molecule has 16 heteroatoms. The molecule has 0 radical (unpaired) electrons. The van der Waals surface area contributed by atoms with E-state index in [2.05, 4.69) is 21.3 Å². The Balaban J connectivity index is 0.000000307. The molecule has 14 nitrogen and oxygen atoms in total. The fourth-order valence-electron chi connectivity index (χ4n) is 6.18. The van der Waals surface area contributed by atoms with Crippen LogP contribution in [0.5, 0.6) is 23.0 Å². The van der Waals surface area contributed by atoms with Gasteiger partial charge in [-0.05, 0) is 61.2 Å². The van der Waals surface area contributed by atoms with Crippen molar-refractivity contribution in [3.63, 3.8) is 0 Å².